The predicted molar refractivity (Wildman–Crippen MR) is 68.3 cm³/mol. The number of thiazole rings is 1. The third-order valence-electron chi connectivity index (χ3n) is 2.92. The molecule has 1 aromatic heterocycles. The zero-order valence-electron chi connectivity index (χ0n) is 10.1. The van der Waals surface area contributed by atoms with Crippen LogP contribution in [0.1, 0.15) is 15.5 Å². The fourth-order valence-corrected chi connectivity index (χ4v) is 2.61. The Morgan fingerprint density at radius 3 is 2.82 bits per heavy atom. The second-order valence-corrected chi connectivity index (χ2v) is 5.20. The van der Waals surface area contributed by atoms with E-state index >= 15 is 0 Å². The minimum atomic E-state index is 0.0534. The van der Waals surface area contributed by atoms with Crippen LogP contribution in [0.3, 0.4) is 0 Å². The number of rotatable bonds is 3. The van der Waals surface area contributed by atoms with Crippen LogP contribution in [-0.4, -0.2) is 60.5 Å². The quantitative estimate of drug-likeness (QED) is 0.827. The van der Waals surface area contributed by atoms with E-state index in [0.717, 1.165) is 37.6 Å². The molecule has 0 atom stereocenters. The Hall–Kier alpha value is -0.980. The summed E-state index contributed by atoms with van der Waals surface area (Å²) in [5, 5.41) is 2.79. The lowest BCUT2D eigenvalue weighted by molar-refractivity contribution is 0.0659. The highest BCUT2D eigenvalue weighted by atomic mass is 32.1. The van der Waals surface area contributed by atoms with Crippen molar-refractivity contribution in [2.24, 2.45) is 5.73 Å². The van der Waals surface area contributed by atoms with Gasteiger partial charge in [-0.3, -0.25) is 4.79 Å². The predicted octanol–water partition coefficient (Wildman–Crippen LogP) is 0.0319. The molecule has 1 amide bonds. The van der Waals surface area contributed by atoms with E-state index in [0.29, 0.717) is 12.2 Å². The average molecular weight is 254 g/mol. The third-order valence-corrected chi connectivity index (χ3v) is 3.83. The molecule has 2 rings (SSSR count). The summed E-state index contributed by atoms with van der Waals surface area (Å²) in [5.41, 5.74) is 6.04. The smallest absolute Gasteiger partial charge is 0.273 e. The molecule has 2 N–H and O–H groups in total. The van der Waals surface area contributed by atoms with Crippen LogP contribution in [0.5, 0.6) is 0 Å². The lowest BCUT2D eigenvalue weighted by Gasteiger charge is -2.31. The zero-order valence-corrected chi connectivity index (χ0v) is 10.9. The summed E-state index contributed by atoms with van der Waals surface area (Å²) in [6, 6.07) is 0. The molecule has 0 aliphatic carbocycles. The van der Waals surface area contributed by atoms with Gasteiger partial charge in [-0.1, -0.05) is 0 Å². The molecule has 0 bridgehead atoms. The molecule has 6 heteroatoms. The van der Waals surface area contributed by atoms with Crippen LogP contribution >= 0.6 is 11.3 Å². The molecule has 0 spiro atoms. The Balaban J connectivity index is 1.98. The molecule has 1 saturated heterocycles. The molecule has 94 valence electrons. The first-order valence-corrected chi connectivity index (χ1v) is 6.71. The molecule has 0 unspecified atom stereocenters. The first-order chi connectivity index (χ1) is 8.20. The average Bonchev–Trinajstić information content (AvgIpc) is 2.78. The summed E-state index contributed by atoms with van der Waals surface area (Å²) in [5.74, 6) is 0.0534. The van der Waals surface area contributed by atoms with E-state index in [1.807, 2.05) is 10.3 Å². The molecule has 1 fully saturated rings. The summed E-state index contributed by atoms with van der Waals surface area (Å²) < 4.78 is 0. The van der Waals surface area contributed by atoms with Crippen LogP contribution in [0.15, 0.2) is 5.38 Å². The highest BCUT2D eigenvalue weighted by Gasteiger charge is 2.22. The van der Waals surface area contributed by atoms with Crippen LogP contribution in [-0.2, 0) is 6.42 Å². The summed E-state index contributed by atoms with van der Waals surface area (Å²) in [4.78, 5) is 20.6. The topological polar surface area (TPSA) is 62.5 Å². The number of hydrogen-bond donors (Lipinski definition) is 1. The molecular formula is C11H18N4OS. The molecule has 0 saturated carbocycles. The minimum absolute atomic E-state index is 0.0534. The Morgan fingerprint density at radius 2 is 2.18 bits per heavy atom. The van der Waals surface area contributed by atoms with Crippen molar-refractivity contribution < 1.29 is 4.79 Å². The zero-order chi connectivity index (χ0) is 12.3. The number of carbonyl (C=O) groups is 1. The summed E-state index contributed by atoms with van der Waals surface area (Å²) in [7, 11) is 2.07. The third kappa shape index (κ3) is 3.02. The molecular weight excluding hydrogens is 236 g/mol. The number of carbonyl (C=O) groups excluding carboxylic acids is 1. The van der Waals surface area contributed by atoms with Gasteiger partial charge in [-0.2, -0.15) is 0 Å². The van der Waals surface area contributed by atoms with Crippen molar-refractivity contribution in [3.63, 3.8) is 0 Å². The van der Waals surface area contributed by atoms with Crippen molar-refractivity contribution in [3.8, 4) is 0 Å². The van der Waals surface area contributed by atoms with Crippen LogP contribution in [0, 0.1) is 0 Å². The minimum Gasteiger partial charge on any atom is -0.335 e. The van der Waals surface area contributed by atoms with Crippen molar-refractivity contribution >= 4 is 17.2 Å². The lowest BCUT2D eigenvalue weighted by atomic mass is 10.3. The van der Waals surface area contributed by atoms with Crippen LogP contribution in [0.4, 0.5) is 0 Å². The molecule has 5 nitrogen and oxygen atoms in total. The molecule has 2 heterocycles. The summed E-state index contributed by atoms with van der Waals surface area (Å²) >= 11 is 1.52. The molecule has 0 radical (unpaired) electrons. The van der Waals surface area contributed by atoms with Crippen molar-refractivity contribution in [1.82, 2.24) is 14.8 Å². The maximum Gasteiger partial charge on any atom is 0.273 e. The van der Waals surface area contributed by atoms with E-state index in [9.17, 15) is 4.79 Å². The first kappa shape index (κ1) is 12.5. The van der Waals surface area contributed by atoms with Gasteiger partial charge in [-0.15, -0.1) is 11.3 Å². The molecule has 17 heavy (non-hydrogen) atoms. The summed E-state index contributed by atoms with van der Waals surface area (Å²) in [6.07, 6.45) is 0.751. The van der Waals surface area contributed by atoms with Gasteiger partial charge in [-0.25, -0.2) is 4.98 Å². The Morgan fingerprint density at radius 1 is 1.47 bits per heavy atom. The fourth-order valence-electron chi connectivity index (χ4n) is 1.82. The number of hydrogen-bond acceptors (Lipinski definition) is 5. The normalized spacial score (nSPS) is 17.4. The summed E-state index contributed by atoms with van der Waals surface area (Å²) in [6.45, 7) is 4.03. The van der Waals surface area contributed by atoms with E-state index in [2.05, 4.69) is 16.9 Å². The van der Waals surface area contributed by atoms with Crippen LogP contribution in [0.2, 0.25) is 0 Å². The van der Waals surface area contributed by atoms with Crippen molar-refractivity contribution in [1.29, 1.82) is 0 Å². The second-order valence-electron chi connectivity index (χ2n) is 4.26. The Kier molecular flexibility index (Phi) is 4.09. The van der Waals surface area contributed by atoms with E-state index in [1.54, 1.807) is 0 Å². The van der Waals surface area contributed by atoms with Gasteiger partial charge in [0.2, 0.25) is 0 Å². The molecule has 1 aliphatic heterocycles. The van der Waals surface area contributed by atoms with Gasteiger partial charge < -0.3 is 15.5 Å². The highest BCUT2D eigenvalue weighted by molar-refractivity contribution is 7.09. The second kappa shape index (κ2) is 5.57. The number of piperazine rings is 1. The first-order valence-electron chi connectivity index (χ1n) is 5.83. The highest BCUT2D eigenvalue weighted by Crippen LogP contribution is 2.13. The SMILES string of the molecule is CN1CCN(C(=O)c2csc(CCN)n2)CC1. The number of nitrogens with two attached hydrogens (primary N) is 1. The van der Waals surface area contributed by atoms with Gasteiger partial charge in [-0.05, 0) is 13.6 Å². The fraction of sp³-hybridized carbons (Fsp3) is 0.636. The number of likely N-dealkylation sites (N-methyl/N-ethyl adjacent to an activating group) is 1. The van der Waals surface area contributed by atoms with Crippen molar-refractivity contribution in [2.75, 3.05) is 39.8 Å². The van der Waals surface area contributed by atoms with Crippen molar-refractivity contribution in [3.05, 3.63) is 16.1 Å². The van der Waals surface area contributed by atoms with E-state index in [1.165, 1.54) is 11.3 Å². The maximum atomic E-state index is 12.1. The Bertz CT molecular complexity index is 385. The standard InChI is InChI=1S/C11H18N4OS/c1-14-4-6-15(7-5-14)11(16)9-8-17-10(13-9)2-3-12/h8H,2-7,12H2,1H3. The van der Waals surface area contributed by atoms with Crippen molar-refractivity contribution in [2.45, 2.75) is 6.42 Å². The Labute approximate surface area is 105 Å². The van der Waals surface area contributed by atoms with Gasteiger partial charge in [0.15, 0.2) is 0 Å². The number of amides is 1. The number of nitrogens with zero attached hydrogens (tertiary/aromatic N) is 3. The van der Waals surface area contributed by atoms with E-state index in [4.69, 9.17) is 5.73 Å². The van der Waals surface area contributed by atoms with Gasteiger partial charge >= 0.3 is 0 Å². The maximum absolute atomic E-state index is 12.1. The number of aromatic nitrogens is 1. The monoisotopic (exact) mass is 254 g/mol. The van der Waals surface area contributed by atoms with Crippen LogP contribution in [0.25, 0.3) is 0 Å². The molecule has 1 aromatic rings. The van der Waals surface area contributed by atoms with Crippen LogP contribution < -0.4 is 5.73 Å². The van der Waals surface area contributed by atoms with Gasteiger partial charge in [0.1, 0.15) is 5.69 Å². The largest absolute Gasteiger partial charge is 0.335 e. The van der Waals surface area contributed by atoms with Gasteiger partial charge in [0, 0.05) is 38.0 Å². The molecule has 1 aliphatic rings. The van der Waals surface area contributed by atoms with E-state index in [-0.39, 0.29) is 5.91 Å². The lowest BCUT2D eigenvalue weighted by Crippen LogP contribution is -2.47. The molecule has 0 aromatic carbocycles. The van der Waals surface area contributed by atoms with Gasteiger partial charge in [0.25, 0.3) is 5.91 Å². The van der Waals surface area contributed by atoms with E-state index < -0.39 is 0 Å². The van der Waals surface area contributed by atoms with Gasteiger partial charge in [0.05, 0.1) is 5.01 Å².